The van der Waals surface area contributed by atoms with Crippen LogP contribution in [0.4, 0.5) is 0 Å². The summed E-state index contributed by atoms with van der Waals surface area (Å²) in [5, 5.41) is 6.65. The van der Waals surface area contributed by atoms with Crippen LogP contribution in [-0.4, -0.2) is 66.9 Å². The fourth-order valence-corrected chi connectivity index (χ4v) is 2.89. The van der Waals surface area contributed by atoms with Crippen molar-refractivity contribution in [2.45, 2.75) is 25.6 Å². The third-order valence-corrected chi connectivity index (χ3v) is 4.37. The van der Waals surface area contributed by atoms with E-state index in [1.165, 1.54) is 4.90 Å². The van der Waals surface area contributed by atoms with Gasteiger partial charge in [0.25, 0.3) is 11.8 Å². The standard InChI is InChI=1S/C20H25N3O5/c1-20(2)13-26-12-17(27-20)19(25)23(3)10-9-21-18(24)16-11-15(22-28-16)14-7-5-4-6-8-14/h4-8,11,17H,9-10,12-13H2,1-3H3,(H,21,24). The highest BCUT2D eigenvalue weighted by atomic mass is 16.6. The smallest absolute Gasteiger partial charge is 0.289 e. The summed E-state index contributed by atoms with van der Waals surface area (Å²) in [7, 11) is 1.67. The van der Waals surface area contributed by atoms with E-state index in [4.69, 9.17) is 14.0 Å². The quantitative estimate of drug-likeness (QED) is 0.811. The second kappa shape index (κ2) is 8.53. The third-order valence-electron chi connectivity index (χ3n) is 4.37. The summed E-state index contributed by atoms with van der Waals surface area (Å²) in [6, 6.07) is 11.0. The number of amides is 2. The monoisotopic (exact) mass is 387 g/mol. The zero-order valence-electron chi connectivity index (χ0n) is 16.3. The van der Waals surface area contributed by atoms with Gasteiger partial charge in [-0.1, -0.05) is 35.5 Å². The summed E-state index contributed by atoms with van der Waals surface area (Å²) in [6.45, 7) is 5.07. The van der Waals surface area contributed by atoms with Gasteiger partial charge in [0.05, 0.1) is 18.8 Å². The first kappa shape index (κ1) is 20.0. The molecule has 1 unspecified atom stereocenters. The molecule has 28 heavy (non-hydrogen) atoms. The van der Waals surface area contributed by atoms with Gasteiger partial charge in [0, 0.05) is 31.8 Å². The predicted molar refractivity (Wildman–Crippen MR) is 102 cm³/mol. The summed E-state index contributed by atoms with van der Waals surface area (Å²) < 4.78 is 16.3. The Morgan fingerprint density at radius 2 is 2.04 bits per heavy atom. The third kappa shape index (κ3) is 4.96. The van der Waals surface area contributed by atoms with E-state index >= 15 is 0 Å². The molecule has 8 heteroatoms. The Morgan fingerprint density at radius 1 is 1.29 bits per heavy atom. The van der Waals surface area contributed by atoms with E-state index in [-0.39, 0.29) is 30.7 Å². The van der Waals surface area contributed by atoms with Gasteiger partial charge in [0.15, 0.2) is 6.10 Å². The molecule has 0 aliphatic carbocycles. The SMILES string of the molecule is CN(CCNC(=O)c1cc(-c2ccccc2)no1)C(=O)C1COCC(C)(C)O1. The van der Waals surface area contributed by atoms with Crippen LogP contribution in [0.3, 0.4) is 0 Å². The maximum atomic E-state index is 12.5. The van der Waals surface area contributed by atoms with Gasteiger partial charge >= 0.3 is 0 Å². The highest BCUT2D eigenvalue weighted by molar-refractivity contribution is 5.92. The molecule has 1 aromatic carbocycles. The first-order valence-electron chi connectivity index (χ1n) is 9.16. The molecule has 1 atom stereocenters. The van der Waals surface area contributed by atoms with Crippen LogP contribution < -0.4 is 5.32 Å². The van der Waals surface area contributed by atoms with Crippen LogP contribution in [0.2, 0.25) is 0 Å². The molecule has 2 aromatic rings. The maximum Gasteiger partial charge on any atom is 0.289 e. The molecule has 1 aromatic heterocycles. The van der Waals surface area contributed by atoms with E-state index in [0.717, 1.165) is 5.56 Å². The Kier molecular flexibility index (Phi) is 6.11. The normalized spacial score (nSPS) is 18.5. The van der Waals surface area contributed by atoms with Crippen molar-refractivity contribution in [3.63, 3.8) is 0 Å². The van der Waals surface area contributed by atoms with Crippen LogP contribution in [0.1, 0.15) is 24.4 Å². The fourth-order valence-electron chi connectivity index (χ4n) is 2.89. The van der Waals surface area contributed by atoms with Crippen LogP contribution >= 0.6 is 0 Å². The van der Waals surface area contributed by atoms with Crippen LogP contribution in [0.15, 0.2) is 40.9 Å². The van der Waals surface area contributed by atoms with Crippen molar-refractivity contribution in [3.05, 3.63) is 42.2 Å². The van der Waals surface area contributed by atoms with Gasteiger partial charge in [0.1, 0.15) is 5.69 Å². The van der Waals surface area contributed by atoms with Crippen molar-refractivity contribution >= 4 is 11.8 Å². The maximum absolute atomic E-state index is 12.5. The lowest BCUT2D eigenvalue weighted by atomic mass is 10.1. The molecule has 1 saturated heterocycles. The first-order chi connectivity index (χ1) is 13.4. The van der Waals surface area contributed by atoms with E-state index in [1.807, 2.05) is 44.2 Å². The molecule has 8 nitrogen and oxygen atoms in total. The largest absolute Gasteiger partial charge is 0.375 e. The number of carbonyl (C=O) groups excluding carboxylic acids is 2. The van der Waals surface area contributed by atoms with Crippen molar-refractivity contribution in [3.8, 4) is 11.3 Å². The van der Waals surface area contributed by atoms with Gasteiger partial charge < -0.3 is 24.2 Å². The molecule has 3 rings (SSSR count). The lowest BCUT2D eigenvalue weighted by molar-refractivity contribution is -0.195. The number of benzene rings is 1. The summed E-state index contributed by atoms with van der Waals surface area (Å²) in [5.41, 5.74) is 0.972. The predicted octanol–water partition coefficient (Wildman–Crippen LogP) is 1.72. The van der Waals surface area contributed by atoms with Crippen LogP contribution in [0.5, 0.6) is 0 Å². The molecule has 150 valence electrons. The minimum Gasteiger partial charge on any atom is -0.375 e. The molecule has 1 N–H and O–H groups in total. The number of aromatic nitrogens is 1. The molecule has 0 spiro atoms. The molecule has 0 bridgehead atoms. The molecular formula is C20H25N3O5. The molecule has 2 heterocycles. The van der Waals surface area contributed by atoms with Crippen molar-refractivity contribution in [2.75, 3.05) is 33.4 Å². The van der Waals surface area contributed by atoms with Crippen LogP contribution in [-0.2, 0) is 14.3 Å². The topological polar surface area (TPSA) is 93.9 Å². The molecule has 1 aliphatic heterocycles. The van der Waals surface area contributed by atoms with Crippen molar-refractivity contribution in [1.29, 1.82) is 0 Å². The number of hydrogen-bond acceptors (Lipinski definition) is 6. The minimum atomic E-state index is -0.632. The number of nitrogens with zero attached hydrogens (tertiary/aromatic N) is 2. The Balaban J connectivity index is 1.47. The zero-order valence-corrected chi connectivity index (χ0v) is 16.3. The van der Waals surface area contributed by atoms with Crippen LogP contribution in [0.25, 0.3) is 11.3 Å². The lowest BCUT2D eigenvalue weighted by Gasteiger charge is -2.36. The highest BCUT2D eigenvalue weighted by Crippen LogP contribution is 2.20. The van der Waals surface area contributed by atoms with Gasteiger partial charge in [-0.25, -0.2) is 0 Å². The Bertz CT molecular complexity index is 818. The Hall–Kier alpha value is -2.71. The molecule has 0 saturated carbocycles. The number of nitrogens with one attached hydrogen (secondary N) is 1. The second-order valence-corrected chi connectivity index (χ2v) is 7.34. The van der Waals surface area contributed by atoms with Gasteiger partial charge in [-0.15, -0.1) is 0 Å². The van der Waals surface area contributed by atoms with E-state index in [2.05, 4.69) is 10.5 Å². The summed E-state index contributed by atoms with van der Waals surface area (Å²) >= 11 is 0. The van der Waals surface area contributed by atoms with Crippen molar-refractivity contribution in [2.24, 2.45) is 0 Å². The van der Waals surface area contributed by atoms with E-state index < -0.39 is 11.7 Å². The fraction of sp³-hybridized carbons (Fsp3) is 0.450. The van der Waals surface area contributed by atoms with E-state index in [0.29, 0.717) is 18.8 Å². The average molecular weight is 387 g/mol. The summed E-state index contributed by atoms with van der Waals surface area (Å²) in [4.78, 5) is 26.2. The minimum absolute atomic E-state index is 0.124. The van der Waals surface area contributed by atoms with Gasteiger partial charge in [-0.3, -0.25) is 9.59 Å². The number of carbonyl (C=O) groups is 2. The number of hydrogen-bond donors (Lipinski definition) is 1. The zero-order chi connectivity index (χ0) is 20.1. The van der Waals surface area contributed by atoms with Crippen molar-refractivity contribution in [1.82, 2.24) is 15.4 Å². The van der Waals surface area contributed by atoms with E-state index in [9.17, 15) is 9.59 Å². The van der Waals surface area contributed by atoms with Gasteiger partial charge in [-0.2, -0.15) is 0 Å². The lowest BCUT2D eigenvalue weighted by Crippen LogP contribution is -2.51. The molecular weight excluding hydrogens is 362 g/mol. The molecule has 2 amide bonds. The second-order valence-electron chi connectivity index (χ2n) is 7.34. The van der Waals surface area contributed by atoms with Gasteiger partial charge in [-0.05, 0) is 13.8 Å². The van der Waals surface area contributed by atoms with Crippen molar-refractivity contribution < 1.29 is 23.6 Å². The molecule has 1 aliphatic rings. The highest BCUT2D eigenvalue weighted by Gasteiger charge is 2.34. The first-order valence-corrected chi connectivity index (χ1v) is 9.16. The summed E-state index contributed by atoms with van der Waals surface area (Å²) in [6.07, 6.45) is -0.632. The van der Waals surface area contributed by atoms with Crippen LogP contribution in [0, 0.1) is 0 Å². The Morgan fingerprint density at radius 3 is 2.75 bits per heavy atom. The Labute approximate surface area is 163 Å². The number of rotatable bonds is 6. The van der Waals surface area contributed by atoms with Gasteiger partial charge in [0.2, 0.25) is 5.76 Å². The summed E-state index contributed by atoms with van der Waals surface area (Å²) in [5.74, 6) is -0.430. The number of ether oxygens (including phenoxy) is 2. The number of likely N-dealkylation sites (N-methyl/N-ethyl adjacent to an activating group) is 1. The molecule has 1 fully saturated rings. The van der Waals surface area contributed by atoms with E-state index in [1.54, 1.807) is 13.1 Å². The average Bonchev–Trinajstić information content (AvgIpc) is 3.17. The molecule has 0 radical (unpaired) electrons.